The van der Waals surface area contributed by atoms with Crippen LogP contribution >= 0.6 is 0 Å². The maximum absolute atomic E-state index is 13.6. The number of quaternary nitrogens is 1. The zero-order chi connectivity index (χ0) is 24.7. The first-order valence-electron chi connectivity index (χ1n) is 10.1. The monoisotopic (exact) mass is 485 g/mol. The average Bonchev–Trinajstić information content (AvgIpc) is 3.32. The van der Waals surface area contributed by atoms with Gasteiger partial charge in [0, 0.05) is 44.9 Å². The van der Waals surface area contributed by atoms with Crippen molar-refractivity contribution in [1.29, 1.82) is 0 Å². The highest BCUT2D eigenvalue weighted by molar-refractivity contribution is 6.18. The second-order valence-corrected chi connectivity index (χ2v) is 8.08. The van der Waals surface area contributed by atoms with E-state index in [4.69, 9.17) is 14.0 Å². The third-order valence-corrected chi connectivity index (χ3v) is 5.63. The summed E-state index contributed by atoms with van der Waals surface area (Å²) in [7, 11) is 0. The van der Waals surface area contributed by atoms with Gasteiger partial charge in [-0.1, -0.05) is 10.2 Å². The first-order chi connectivity index (χ1) is 16.0. The number of amides is 3. The molecule has 15 heteroatoms. The molecule has 0 aromatic carbocycles. The van der Waals surface area contributed by atoms with E-state index in [1.54, 1.807) is 4.90 Å². The molecule has 34 heavy (non-hydrogen) atoms. The van der Waals surface area contributed by atoms with Gasteiger partial charge in [0.05, 0.1) is 13.2 Å². The van der Waals surface area contributed by atoms with E-state index in [1.807, 2.05) is 0 Å². The highest BCUT2D eigenvalue weighted by Crippen LogP contribution is 2.42. The molecule has 0 N–H and O–H groups in total. The number of hydroxylamine groups is 3. The number of aromatic nitrogens is 3. The second kappa shape index (κ2) is 8.32. The van der Waals surface area contributed by atoms with Crippen LogP contribution in [0.1, 0.15) is 19.4 Å². The lowest BCUT2D eigenvalue weighted by molar-refractivity contribution is -1.06. The minimum atomic E-state index is -5.41. The van der Waals surface area contributed by atoms with Crippen LogP contribution in [-0.4, -0.2) is 75.8 Å². The smallest absolute Gasteiger partial charge is 0.389 e. The quantitative estimate of drug-likeness (QED) is 0.455. The lowest BCUT2D eigenvalue weighted by Gasteiger charge is -2.35. The molecule has 4 heterocycles. The topological polar surface area (TPSA) is 128 Å². The van der Waals surface area contributed by atoms with Gasteiger partial charge in [0.15, 0.2) is 6.54 Å². The number of morpholine rings is 1. The molecule has 3 amide bonds. The molecule has 2 aromatic heterocycles. The summed E-state index contributed by atoms with van der Waals surface area (Å²) in [6.07, 6.45) is -2.72. The van der Waals surface area contributed by atoms with Crippen molar-refractivity contribution in [2.24, 2.45) is 0 Å². The van der Waals surface area contributed by atoms with Crippen LogP contribution in [0.15, 0.2) is 28.9 Å². The Morgan fingerprint density at radius 3 is 2.38 bits per heavy atom. The van der Waals surface area contributed by atoms with E-state index in [0.29, 0.717) is 36.8 Å². The molecular formula is C19H20F3N6O6+. The number of hydrogen-bond acceptors (Lipinski definition) is 10. The van der Waals surface area contributed by atoms with E-state index < -0.39 is 46.8 Å². The summed E-state index contributed by atoms with van der Waals surface area (Å²) in [4.78, 5) is 49.4. The third kappa shape index (κ3) is 3.86. The van der Waals surface area contributed by atoms with Crippen LogP contribution in [0.2, 0.25) is 0 Å². The van der Waals surface area contributed by atoms with Crippen LogP contribution in [0.25, 0.3) is 0 Å². The maximum Gasteiger partial charge on any atom is 0.497 e. The lowest BCUT2D eigenvalue weighted by Crippen LogP contribution is -2.62. The van der Waals surface area contributed by atoms with Crippen molar-refractivity contribution in [2.75, 3.05) is 36.1 Å². The number of nitrogens with zero attached hydrogens (tertiary/aromatic N) is 6. The van der Waals surface area contributed by atoms with Crippen molar-refractivity contribution in [2.45, 2.75) is 32.1 Å². The van der Waals surface area contributed by atoms with E-state index in [2.05, 4.69) is 15.2 Å². The Bertz CT molecular complexity index is 1100. The summed E-state index contributed by atoms with van der Waals surface area (Å²) in [5, 5.41) is 7.58. The average molecular weight is 485 g/mol. The molecule has 0 spiro atoms. The summed E-state index contributed by atoms with van der Waals surface area (Å²) < 4.78 is 48.6. The molecule has 0 radical (unpaired) electrons. The summed E-state index contributed by atoms with van der Waals surface area (Å²) in [5.74, 6) is -3.61. The van der Waals surface area contributed by atoms with Crippen molar-refractivity contribution in [3.8, 4) is 0 Å². The molecule has 0 aliphatic carbocycles. The third-order valence-electron chi connectivity index (χ3n) is 5.63. The molecule has 2 fully saturated rings. The lowest BCUT2D eigenvalue weighted by atomic mass is 10.0. The Morgan fingerprint density at radius 2 is 1.76 bits per heavy atom. The van der Waals surface area contributed by atoms with Crippen LogP contribution < -0.4 is 9.80 Å². The van der Waals surface area contributed by atoms with Gasteiger partial charge in [0.25, 0.3) is 0 Å². The minimum absolute atomic E-state index is 0.00289. The fourth-order valence-electron chi connectivity index (χ4n) is 3.65. The summed E-state index contributed by atoms with van der Waals surface area (Å²) in [5.41, 5.74) is -1.69. The number of pyridine rings is 1. The second-order valence-electron chi connectivity index (χ2n) is 8.08. The first kappa shape index (κ1) is 23.6. The fraction of sp³-hybridized carbons (Fsp3) is 0.474. The van der Waals surface area contributed by atoms with E-state index in [1.165, 1.54) is 38.4 Å². The fourth-order valence-corrected chi connectivity index (χ4v) is 3.65. The van der Waals surface area contributed by atoms with E-state index in [-0.39, 0.29) is 6.01 Å². The molecule has 4 rings (SSSR count). The Kier molecular flexibility index (Phi) is 5.77. The van der Waals surface area contributed by atoms with Gasteiger partial charge < -0.3 is 14.1 Å². The number of carbonyl (C=O) groups is 3. The van der Waals surface area contributed by atoms with Gasteiger partial charge in [-0.3, -0.25) is 14.6 Å². The van der Waals surface area contributed by atoms with E-state index in [9.17, 15) is 27.6 Å². The molecule has 182 valence electrons. The molecule has 0 bridgehead atoms. The van der Waals surface area contributed by atoms with Crippen LogP contribution in [0, 0.1) is 0 Å². The molecule has 12 nitrogen and oxygen atoms in total. The predicted molar refractivity (Wildman–Crippen MR) is 105 cm³/mol. The molecule has 2 saturated heterocycles. The van der Waals surface area contributed by atoms with Crippen molar-refractivity contribution in [1.82, 2.24) is 15.2 Å². The Labute approximate surface area is 190 Å². The number of imide groups is 1. The summed E-state index contributed by atoms with van der Waals surface area (Å²) in [6, 6.07) is 0.995. The molecule has 2 aromatic rings. The molecule has 1 unspecified atom stereocenters. The van der Waals surface area contributed by atoms with Crippen LogP contribution in [-0.2, 0) is 25.7 Å². The predicted octanol–water partition coefficient (Wildman–Crippen LogP) is 1.58. The van der Waals surface area contributed by atoms with Crippen molar-refractivity contribution >= 4 is 29.9 Å². The molecule has 2 aliphatic heterocycles. The van der Waals surface area contributed by atoms with Crippen molar-refractivity contribution in [3.05, 3.63) is 30.1 Å². The molecule has 2 aliphatic rings. The standard InChI is InChI=1S/C19H20F3N6O6/c1-18(2)13(29)27(16-25-24-15(33-16)26-7-9-32-10-8-26)17(31)28(18,34-14(30)19(20,21)22)11-12-3-5-23-6-4-12/h3-6H,7-11H2,1-2H3/q+1. The first-order valence-corrected chi connectivity index (χ1v) is 10.1. The maximum atomic E-state index is 13.6. The van der Waals surface area contributed by atoms with E-state index in [0.717, 1.165) is 0 Å². The Balaban J connectivity index is 1.75. The molecule has 0 saturated carbocycles. The van der Waals surface area contributed by atoms with Gasteiger partial charge in [0.1, 0.15) is 0 Å². The molecule has 1 atom stereocenters. The zero-order valence-corrected chi connectivity index (χ0v) is 18.1. The van der Waals surface area contributed by atoms with Crippen LogP contribution in [0.4, 0.5) is 30.0 Å². The summed E-state index contributed by atoms with van der Waals surface area (Å²) >= 11 is 0. The number of rotatable bonds is 5. The van der Waals surface area contributed by atoms with Crippen molar-refractivity contribution < 1.29 is 46.2 Å². The van der Waals surface area contributed by atoms with Crippen molar-refractivity contribution in [3.63, 3.8) is 0 Å². The van der Waals surface area contributed by atoms with Crippen LogP contribution in [0.3, 0.4) is 0 Å². The number of urea groups is 1. The largest absolute Gasteiger partial charge is 0.497 e. The molecular weight excluding hydrogens is 465 g/mol. The van der Waals surface area contributed by atoms with Gasteiger partial charge in [-0.15, -0.1) is 4.90 Å². The van der Waals surface area contributed by atoms with Crippen LogP contribution in [0.5, 0.6) is 0 Å². The van der Waals surface area contributed by atoms with Gasteiger partial charge in [-0.25, -0.2) is 9.59 Å². The van der Waals surface area contributed by atoms with Gasteiger partial charge >= 0.3 is 36.1 Å². The SMILES string of the molecule is CC1(C)C(=O)N(c2nnc(N3CCOCC3)o2)C(=O)[N+]1(Cc1ccncc1)OC(=O)C(F)(F)F. The zero-order valence-electron chi connectivity index (χ0n) is 18.1. The summed E-state index contributed by atoms with van der Waals surface area (Å²) in [6.45, 7) is 3.43. The van der Waals surface area contributed by atoms with E-state index >= 15 is 0 Å². The Morgan fingerprint density at radius 1 is 1.15 bits per heavy atom. The van der Waals surface area contributed by atoms with Gasteiger partial charge in [-0.2, -0.15) is 13.2 Å². The minimum Gasteiger partial charge on any atom is -0.389 e. The highest BCUT2D eigenvalue weighted by atomic mass is 19.4. The van der Waals surface area contributed by atoms with Gasteiger partial charge in [-0.05, 0) is 16.8 Å². The number of anilines is 2. The number of ether oxygens (including phenoxy) is 1. The van der Waals surface area contributed by atoms with Gasteiger partial charge in [0.2, 0.25) is 5.54 Å². The number of carbonyl (C=O) groups excluding carboxylic acids is 3. The highest BCUT2D eigenvalue weighted by Gasteiger charge is 2.73. The normalized spacial score (nSPS) is 22.9. The number of hydrogen-bond donors (Lipinski definition) is 0. The number of alkyl halides is 3. The Hall–Kier alpha value is -3.59. The number of halogens is 3.